The Balaban J connectivity index is 2.41. The van der Waals surface area contributed by atoms with E-state index in [0.29, 0.717) is 0 Å². The topological polar surface area (TPSA) is 52.0 Å². The second-order valence-electron chi connectivity index (χ2n) is 3.77. The van der Waals surface area contributed by atoms with Gasteiger partial charge in [-0.3, -0.25) is 0 Å². The molecule has 17 heavy (non-hydrogen) atoms. The highest BCUT2D eigenvalue weighted by molar-refractivity contribution is 6.29. The van der Waals surface area contributed by atoms with E-state index in [1.54, 1.807) is 5.54 Å². The van der Waals surface area contributed by atoms with Crippen molar-refractivity contribution in [3.63, 3.8) is 0 Å². The lowest BCUT2D eigenvalue weighted by atomic mass is 9.99. The van der Waals surface area contributed by atoms with Gasteiger partial charge in [0.1, 0.15) is 0 Å². The molecule has 0 atom stereocenters. The lowest BCUT2D eigenvalue weighted by Gasteiger charge is -2.07. The van der Waals surface area contributed by atoms with Crippen LogP contribution in [0.3, 0.4) is 0 Å². The molecule has 0 spiro atoms. The summed E-state index contributed by atoms with van der Waals surface area (Å²) >= 11 is 5.89. The number of nitrogens with two attached hydrogens (primary N) is 2. The van der Waals surface area contributed by atoms with Crippen LogP contribution in [0, 0.1) is 0 Å². The minimum Gasteiger partial charge on any atom is -0.399 e. The Morgan fingerprint density at radius 3 is 1.41 bits per heavy atom. The van der Waals surface area contributed by atoms with Crippen LogP contribution in [-0.4, -0.2) is 0 Å². The molecule has 2 aromatic carbocycles. The highest BCUT2D eigenvalue weighted by Gasteiger charge is 2.04. The Morgan fingerprint density at radius 1 is 0.765 bits per heavy atom. The van der Waals surface area contributed by atoms with Gasteiger partial charge in [-0.25, -0.2) is 0 Å². The molecule has 0 saturated carbocycles. The van der Waals surface area contributed by atoms with Gasteiger partial charge in [0.05, 0.1) is 0 Å². The fourth-order valence-electron chi connectivity index (χ4n) is 1.62. The third-order valence-electron chi connectivity index (χ3n) is 2.55. The average Bonchev–Trinajstić information content (AvgIpc) is 2.35. The van der Waals surface area contributed by atoms with Crippen LogP contribution in [-0.2, 0) is 0 Å². The standard InChI is InChI=1S/C14H13ClN2/c15-9-14(10-1-5-12(16)6-2-10)11-3-7-13(17)8-4-11/h1-9H,16-17H2. The van der Waals surface area contributed by atoms with Crippen molar-refractivity contribution in [1.82, 2.24) is 0 Å². The summed E-state index contributed by atoms with van der Waals surface area (Å²) in [4.78, 5) is 0. The van der Waals surface area contributed by atoms with Crippen LogP contribution in [0.2, 0.25) is 0 Å². The molecular weight excluding hydrogens is 232 g/mol. The predicted octanol–water partition coefficient (Wildman–Crippen LogP) is 3.48. The maximum Gasteiger partial charge on any atom is 0.0314 e. The third kappa shape index (κ3) is 2.60. The molecule has 86 valence electrons. The normalized spacial score (nSPS) is 9.94. The molecule has 2 aromatic rings. The van der Waals surface area contributed by atoms with Gasteiger partial charge in [0.15, 0.2) is 0 Å². The van der Waals surface area contributed by atoms with Crippen molar-refractivity contribution in [2.24, 2.45) is 0 Å². The summed E-state index contributed by atoms with van der Waals surface area (Å²) in [5.74, 6) is 0. The van der Waals surface area contributed by atoms with E-state index in [9.17, 15) is 0 Å². The highest BCUT2D eigenvalue weighted by atomic mass is 35.5. The van der Waals surface area contributed by atoms with Crippen LogP contribution in [0.15, 0.2) is 54.1 Å². The van der Waals surface area contributed by atoms with Crippen molar-refractivity contribution in [1.29, 1.82) is 0 Å². The Hall–Kier alpha value is -1.93. The minimum atomic E-state index is 0.736. The van der Waals surface area contributed by atoms with E-state index in [0.717, 1.165) is 28.1 Å². The largest absolute Gasteiger partial charge is 0.399 e. The van der Waals surface area contributed by atoms with Gasteiger partial charge < -0.3 is 11.5 Å². The highest BCUT2D eigenvalue weighted by Crippen LogP contribution is 2.25. The number of benzene rings is 2. The van der Waals surface area contributed by atoms with Crippen molar-refractivity contribution in [3.8, 4) is 0 Å². The minimum absolute atomic E-state index is 0.736. The molecule has 0 saturated heterocycles. The van der Waals surface area contributed by atoms with Crippen LogP contribution in [0.5, 0.6) is 0 Å². The van der Waals surface area contributed by atoms with Crippen LogP contribution < -0.4 is 11.5 Å². The molecule has 0 aliphatic carbocycles. The van der Waals surface area contributed by atoms with Crippen LogP contribution in [0.25, 0.3) is 5.57 Å². The lowest BCUT2D eigenvalue weighted by Crippen LogP contribution is -1.90. The second kappa shape index (κ2) is 4.93. The molecule has 3 heteroatoms. The summed E-state index contributed by atoms with van der Waals surface area (Å²) in [5.41, 5.74) is 17.4. The molecule has 2 nitrogen and oxygen atoms in total. The molecule has 0 fully saturated rings. The maximum absolute atomic E-state index is 5.89. The number of halogens is 1. The maximum atomic E-state index is 5.89. The van der Waals surface area contributed by atoms with Crippen molar-refractivity contribution in [3.05, 3.63) is 65.2 Å². The van der Waals surface area contributed by atoms with Gasteiger partial charge in [-0.05, 0) is 35.4 Å². The summed E-state index contributed by atoms with van der Waals surface area (Å²) < 4.78 is 0. The monoisotopic (exact) mass is 244 g/mol. The SMILES string of the molecule is Nc1ccc(C(=CCl)c2ccc(N)cc2)cc1. The number of anilines is 2. The molecule has 0 aliphatic rings. The van der Waals surface area contributed by atoms with Crippen molar-refractivity contribution < 1.29 is 0 Å². The van der Waals surface area contributed by atoms with E-state index >= 15 is 0 Å². The van der Waals surface area contributed by atoms with E-state index in [1.165, 1.54) is 0 Å². The molecule has 0 unspecified atom stereocenters. The van der Waals surface area contributed by atoms with Gasteiger partial charge in [-0.2, -0.15) is 0 Å². The molecule has 0 aliphatic heterocycles. The van der Waals surface area contributed by atoms with E-state index < -0.39 is 0 Å². The molecule has 0 heterocycles. The van der Waals surface area contributed by atoms with Gasteiger partial charge in [0, 0.05) is 22.5 Å². The Morgan fingerprint density at radius 2 is 1.12 bits per heavy atom. The molecule has 0 bridgehead atoms. The molecule has 4 N–H and O–H groups in total. The van der Waals surface area contributed by atoms with Crippen LogP contribution in [0.4, 0.5) is 11.4 Å². The Bertz CT molecular complexity index is 480. The van der Waals surface area contributed by atoms with Gasteiger partial charge in [0.25, 0.3) is 0 Å². The van der Waals surface area contributed by atoms with Crippen LogP contribution in [0.1, 0.15) is 11.1 Å². The number of hydrogen-bond donors (Lipinski definition) is 2. The van der Waals surface area contributed by atoms with Gasteiger partial charge in [0.2, 0.25) is 0 Å². The fourth-order valence-corrected chi connectivity index (χ4v) is 1.87. The predicted molar refractivity (Wildman–Crippen MR) is 74.6 cm³/mol. The van der Waals surface area contributed by atoms with Gasteiger partial charge in [-0.1, -0.05) is 35.9 Å². The fraction of sp³-hybridized carbons (Fsp3) is 0. The summed E-state index contributed by atoms with van der Waals surface area (Å²) in [5, 5.41) is 0. The van der Waals surface area contributed by atoms with Gasteiger partial charge in [-0.15, -0.1) is 0 Å². The Labute approximate surface area is 106 Å². The summed E-state index contributed by atoms with van der Waals surface area (Å²) in [7, 11) is 0. The zero-order valence-electron chi connectivity index (χ0n) is 9.23. The number of nitrogen functional groups attached to an aromatic ring is 2. The third-order valence-corrected chi connectivity index (χ3v) is 2.77. The molecule has 0 aromatic heterocycles. The number of hydrogen-bond acceptors (Lipinski definition) is 2. The average molecular weight is 245 g/mol. The van der Waals surface area contributed by atoms with Crippen LogP contribution >= 0.6 is 11.6 Å². The molecule has 0 amide bonds. The second-order valence-corrected chi connectivity index (χ2v) is 3.99. The zero-order valence-corrected chi connectivity index (χ0v) is 9.98. The summed E-state index contributed by atoms with van der Waals surface area (Å²) in [6, 6.07) is 15.2. The quantitative estimate of drug-likeness (QED) is 0.795. The molecule has 2 rings (SSSR count). The van der Waals surface area contributed by atoms with Crippen molar-refractivity contribution in [2.75, 3.05) is 11.5 Å². The first kappa shape index (κ1) is 11.6. The number of rotatable bonds is 2. The summed E-state index contributed by atoms with van der Waals surface area (Å²) in [6.45, 7) is 0. The first-order valence-electron chi connectivity index (χ1n) is 5.23. The summed E-state index contributed by atoms with van der Waals surface area (Å²) in [6.07, 6.45) is 0. The van der Waals surface area contributed by atoms with E-state index in [4.69, 9.17) is 23.1 Å². The Kier molecular flexibility index (Phi) is 3.35. The van der Waals surface area contributed by atoms with Crippen molar-refractivity contribution >= 4 is 28.5 Å². The van der Waals surface area contributed by atoms with E-state index in [1.807, 2.05) is 48.5 Å². The van der Waals surface area contributed by atoms with E-state index in [-0.39, 0.29) is 0 Å². The van der Waals surface area contributed by atoms with E-state index in [2.05, 4.69) is 0 Å². The first-order valence-corrected chi connectivity index (χ1v) is 5.66. The lowest BCUT2D eigenvalue weighted by molar-refractivity contribution is 1.55. The zero-order chi connectivity index (χ0) is 12.3. The molecule has 0 radical (unpaired) electrons. The van der Waals surface area contributed by atoms with Gasteiger partial charge >= 0.3 is 0 Å². The molecular formula is C14H13ClN2. The smallest absolute Gasteiger partial charge is 0.0314 e. The first-order chi connectivity index (χ1) is 8.20. The van der Waals surface area contributed by atoms with Crippen molar-refractivity contribution in [2.45, 2.75) is 0 Å².